The van der Waals surface area contributed by atoms with Gasteiger partial charge in [0.15, 0.2) is 17.5 Å². The molecule has 3 aromatic heterocycles. The number of nitrogens with zero attached hydrogens (tertiary/aromatic N) is 6. The number of halogens is 2. The maximum atomic E-state index is 15.7. The van der Waals surface area contributed by atoms with Crippen molar-refractivity contribution in [2.24, 2.45) is 0 Å². The Balaban J connectivity index is 1.16. The van der Waals surface area contributed by atoms with Gasteiger partial charge in [0.2, 0.25) is 4.96 Å². The van der Waals surface area contributed by atoms with Crippen molar-refractivity contribution in [3.63, 3.8) is 0 Å². The summed E-state index contributed by atoms with van der Waals surface area (Å²) in [5.41, 5.74) is 3.12. The minimum atomic E-state index is -0.717. The molecule has 2 aliphatic carbocycles. The molecule has 0 spiro atoms. The van der Waals surface area contributed by atoms with Crippen LogP contribution in [-0.4, -0.2) is 67.4 Å². The SMILES string of the molecule is Cc1nn2c3c(nc2s1)CCN(C(=O)COc1ccc(C(=O)N(C)C2CC2)nc1Cl)C3c1ccc(C2CC2)cc1F. The third kappa shape index (κ3) is 4.84. The Hall–Kier alpha value is -3.57. The van der Waals surface area contributed by atoms with Crippen molar-refractivity contribution in [3.05, 3.63) is 74.5 Å². The predicted octanol–water partition coefficient (Wildman–Crippen LogP) is 4.95. The van der Waals surface area contributed by atoms with Crippen LogP contribution in [0.2, 0.25) is 5.15 Å². The standard InChI is InChI=1S/C29H28ClFN6O3S/c1-15-34-37-26-21(33-29(37)41-15)11-12-36(25(26)19-8-5-17(13-20(19)31)16-3-4-16)24(38)14-40-23-10-9-22(32-27(23)30)28(39)35(2)18-6-7-18/h5,8-10,13,16,18,25H,3-4,6-7,11-12,14H2,1-2H3. The molecule has 1 atom stereocenters. The summed E-state index contributed by atoms with van der Waals surface area (Å²) < 4.78 is 23.2. The number of imidazole rings is 1. The van der Waals surface area contributed by atoms with Gasteiger partial charge in [-0.25, -0.2) is 18.9 Å². The zero-order valence-electron chi connectivity index (χ0n) is 22.6. The molecule has 3 aliphatic rings. The van der Waals surface area contributed by atoms with E-state index in [9.17, 15) is 9.59 Å². The van der Waals surface area contributed by atoms with E-state index in [-0.39, 0.29) is 46.9 Å². The van der Waals surface area contributed by atoms with E-state index in [0.29, 0.717) is 30.1 Å². The molecule has 4 aromatic rings. The summed E-state index contributed by atoms with van der Waals surface area (Å²) in [4.78, 5) is 39.3. The van der Waals surface area contributed by atoms with Crippen molar-refractivity contribution >= 4 is 39.7 Å². The van der Waals surface area contributed by atoms with Gasteiger partial charge in [0.25, 0.3) is 11.8 Å². The Kier molecular flexibility index (Phi) is 6.46. The Morgan fingerprint density at radius 1 is 1.17 bits per heavy atom. The summed E-state index contributed by atoms with van der Waals surface area (Å²) in [6.45, 7) is 1.91. The van der Waals surface area contributed by atoms with Crippen LogP contribution in [0.1, 0.15) is 75.7 Å². The van der Waals surface area contributed by atoms with Crippen molar-refractivity contribution in [3.8, 4) is 5.75 Å². The summed E-state index contributed by atoms with van der Waals surface area (Å²) in [6, 6.07) is 7.98. The number of carbonyl (C=O) groups excluding carboxylic acids is 2. The van der Waals surface area contributed by atoms with Gasteiger partial charge in [-0.05, 0) is 62.3 Å². The third-order valence-electron chi connectivity index (χ3n) is 8.06. The summed E-state index contributed by atoms with van der Waals surface area (Å²) >= 11 is 7.81. The van der Waals surface area contributed by atoms with Crippen molar-refractivity contribution in [2.45, 2.75) is 57.0 Å². The first-order valence-electron chi connectivity index (χ1n) is 13.8. The highest BCUT2D eigenvalue weighted by molar-refractivity contribution is 7.16. The number of hydrogen-bond acceptors (Lipinski definition) is 7. The number of aromatic nitrogens is 4. The summed E-state index contributed by atoms with van der Waals surface area (Å²) in [6.07, 6.45) is 4.63. The average molecular weight is 595 g/mol. The van der Waals surface area contributed by atoms with Gasteiger partial charge >= 0.3 is 0 Å². The molecule has 41 heavy (non-hydrogen) atoms. The molecule has 1 unspecified atom stereocenters. The van der Waals surface area contributed by atoms with Crippen molar-refractivity contribution in [1.29, 1.82) is 0 Å². The van der Waals surface area contributed by atoms with Gasteiger partial charge in [-0.1, -0.05) is 35.1 Å². The van der Waals surface area contributed by atoms with E-state index in [1.165, 1.54) is 11.3 Å². The van der Waals surface area contributed by atoms with Gasteiger partial charge in [-0.15, -0.1) is 0 Å². The fourth-order valence-electron chi connectivity index (χ4n) is 5.56. The van der Waals surface area contributed by atoms with Crippen molar-refractivity contribution in [1.82, 2.24) is 29.4 Å². The number of pyridine rings is 1. The van der Waals surface area contributed by atoms with E-state index in [4.69, 9.17) is 21.3 Å². The fourth-order valence-corrected chi connectivity index (χ4v) is 6.54. The molecule has 2 fully saturated rings. The molecule has 4 heterocycles. The van der Waals surface area contributed by atoms with Crippen LogP contribution in [0, 0.1) is 12.7 Å². The second-order valence-corrected chi connectivity index (χ2v) is 12.5. The fraction of sp³-hybridized carbons (Fsp3) is 0.414. The molecule has 12 heteroatoms. The van der Waals surface area contributed by atoms with Crippen LogP contribution in [0.5, 0.6) is 5.75 Å². The molecule has 0 N–H and O–H groups in total. The number of amides is 2. The number of ether oxygens (including phenoxy) is 1. The van der Waals surface area contributed by atoms with Crippen LogP contribution in [0.15, 0.2) is 30.3 Å². The molecule has 0 bridgehead atoms. The molecule has 1 aliphatic heterocycles. The molecule has 0 saturated heterocycles. The van der Waals surface area contributed by atoms with E-state index >= 15 is 4.39 Å². The van der Waals surface area contributed by atoms with Crippen molar-refractivity contribution < 1.29 is 18.7 Å². The number of hydrogen-bond donors (Lipinski definition) is 0. The molecule has 1 aromatic carbocycles. The molecule has 2 amide bonds. The van der Waals surface area contributed by atoms with E-state index in [1.54, 1.807) is 45.6 Å². The lowest BCUT2D eigenvalue weighted by atomic mass is 9.93. The molecule has 2 saturated carbocycles. The number of carbonyl (C=O) groups is 2. The van der Waals surface area contributed by atoms with E-state index in [1.807, 2.05) is 13.0 Å². The molecule has 0 radical (unpaired) electrons. The first-order chi connectivity index (χ1) is 19.8. The molecular weight excluding hydrogens is 567 g/mol. The number of benzene rings is 1. The van der Waals surface area contributed by atoms with Crippen LogP contribution in [0.25, 0.3) is 4.96 Å². The quantitative estimate of drug-likeness (QED) is 0.281. The van der Waals surface area contributed by atoms with Gasteiger partial charge in [0.1, 0.15) is 22.6 Å². The maximum absolute atomic E-state index is 15.7. The Bertz CT molecular complexity index is 1700. The van der Waals surface area contributed by atoms with E-state index in [2.05, 4.69) is 10.1 Å². The predicted molar refractivity (Wildman–Crippen MR) is 151 cm³/mol. The highest BCUT2D eigenvalue weighted by Gasteiger charge is 2.39. The minimum absolute atomic E-state index is 0.00230. The second-order valence-electron chi connectivity index (χ2n) is 11.0. The van der Waals surface area contributed by atoms with Crippen LogP contribution in [0.4, 0.5) is 4.39 Å². The zero-order chi connectivity index (χ0) is 28.4. The zero-order valence-corrected chi connectivity index (χ0v) is 24.2. The number of fused-ring (bicyclic) bond motifs is 3. The summed E-state index contributed by atoms with van der Waals surface area (Å²) in [7, 11) is 1.75. The van der Waals surface area contributed by atoms with Crippen LogP contribution >= 0.6 is 22.9 Å². The lowest BCUT2D eigenvalue weighted by Gasteiger charge is -2.35. The van der Waals surface area contributed by atoms with E-state index < -0.39 is 6.04 Å². The van der Waals surface area contributed by atoms with Gasteiger partial charge in [0, 0.05) is 31.6 Å². The van der Waals surface area contributed by atoms with Crippen LogP contribution < -0.4 is 4.74 Å². The minimum Gasteiger partial charge on any atom is -0.481 e. The summed E-state index contributed by atoms with van der Waals surface area (Å²) in [5.74, 6) is -0.289. The number of rotatable bonds is 7. The van der Waals surface area contributed by atoms with Crippen LogP contribution in [-0.2, 0) is 11.2 Å². The monoisotopic (exact) mass is 594 g/mol. The Morgan fingerprint density at radius 2 is 1.98 bits per heavy atom. The molecule has 7 rings (SSSR count). The molecule has 9 nitrogen and oxygen atoms in total. The lowest BCUT2D eigenvalue weighted by molar-refractivity contribution is -0.135. The highest BCUT2D eigenvalue weighted by Crippen LogP contribution is 2.43. The average Bonchev–Trinajstić information content (AvgIpc) is 3.88. The highest BCUT2D eigenvalue weighted by atomic mass is 35.5. The topological polar surface area (TPSA) is 92.9 Å². The first-order valence-corrected chi connectivity index (χ1v) is 15.0. The molecular formula is C29H28ClFN6O3S. The van der Waals surface area contributed by atoms with Gasteiger partial charge < -0.3 is 14.5 Å². The van der Waals surface area contributed by atoms with Crippen LogP contribution in [0.3, 0.4) is 0 Å². The summed E-state index contributed by atoms with van der Waals surface area (Å²) in [5, 5.41) is 5.45. The van der Waals surface area contributed by atoms with Gasteiger partial charge in [-0.2, -0.15) is 5.10 Å². The van der Waals surface area contributed by atoms with E-state index in [0.717, 1.165) is 46.9 Å². The largest absolute Gasteiger partial charge is 0.481 e. The Morgan fingerprint density at radius 3 is 2.68 bits per heavy atom. The normalized spacial score (nSPS) is 18.4. The smallest absolute Gasteiger partial charge is 0.272 e. The molecule has 212 valence electrons. The van der Waals surface area contributed by atoms with Gasteiger partial charge in [-0.3, -0.25) is 9.59 Å². The maximum Gasteiger partial charge on any atom is 0.272 e. The number of aryl methyl sites for hydroxylation is 1. The lowest BCUT2D eigenvalue weighted by Crippen LogP contribution is -2.43. The Labute approximate surface area is 244 Å². The third-order valence-corrected chi connectivity index (χ3v) is 9.16. The second kappa shape index (κ2) is 10.1. The van der Waals surface area contributed by atoms with Gasteiger partial charge in [0.05, 0.1) is 11.4 Å². The first kappa shape index (κ1) is 26.3. The van der Waals surface area contributed by atoms with Crippen molar-refractivity contribution in [2.75, 3.05) is 20.2 Å².